The molecule has 4 saturated heterocycles. The average Bonchev–Trinajstić information content (AvgIpc) is 3.22. The molecule has 58 heavy (non-hydrogen) atoms. The number of hydrogen-bond acceptors (Lipinski definition) is 15. The highest BCUT2D eigenvalue weighted by Crippen LogP contribution is 2.35. The van der Waals surface area contributed by atoms with E-state index in [0.717, 1.165) is 122 Å². The van der Waals surface area contributed by atoms with E-state index >= 15 is 0 Å². The van der Waals surface area contributed by atoms with Crippen molar-refractivity contribution in [2.45, 2.75) is 151 Å². The van der Waals surface area contributed by atoms with Gasteiger partial charge in [-0.2, -0.15) is 0 Å². The van der Waals surface area contributed by atoms with E-state index in [1.807, 2.05) is 6.79 Å². The minimum atomic E-state index is 0.440. The number of nitrogens with two attached hydrogens (primary N) is 2. The summed E-state index contributed by atoms with van der Waals surface area (Å²) in [6.45, 7) is 15.6. The largest absolute Gasteiger partial charge is 0.328 e. The molecule has 0 amide bonds. The fourth-order valence-corrected chi connectivity index (χ4v) is 12.2. The van der Waals surface area contributed by atoms with Crippen molar-refractivity contribution in [2.24, 2.45) is 11.5 Å². The van der Waals surface area contributed by atoms with E-state index in [1.54, 1.807) is 0 Å². The maximum atomic E-state index is 8.00. The molecule has 15 heteroatoms. The Bertz CT molecular complexity index is 1000. The van der Waals surface area contributed by atoms with Gasteiger partial charge in [0.05, 0.1) is 80.0 Å². The zero-order chi connectivity index (χ0) is 41.3. The first-order chi connectivity index (χ1) is 27.9. The normalized spacial score (nSPS) is 38.1. The van der Waals surface area contributed by atoms with E-state index in [1.165, 1.54) is 97.1 Å². The third kappa shape index (κ3) is 13.1. The second-order valence-corrected chi connectivity index (χ2v) is 20.4. The van der Waals surface area contributed by atoms with E-state index in [0.29, 0.717) is 12.1 Å². The van der Waals surface area contributed by atoms with Gasteiger partial charge in [0.1, 0.15) is 6.79 Å². The van der Waals surface area contributed by atoms with Crippen LogP contribution in [-0.2, 0) is 4.79 Å². The van der Waals surface area contributed by atoms with Crippen LogP contribution < -0.4 is 11.5 Å². The summed E-state index contributed by atoms with van der Waals surface area (Å²) in [5.41, 5.74) is 11.3. The highest BCUT2D eigenvalue weighted by atomic mass is 16.1. The van der Waals surface area contributed by atoms with Gasteiger partial charge >= 0.3 is 0 Å². The molecule has 8 fully saturated rings. The van der Waals surface area contributed by atoms with E-state index in [4.69, 9.17) is 16.3 Å². The molecule has 8 rings (SSSR count). The van der Waals surface area contributed by atoms with Crippen LogP contribution >= 0.6 is 0 Å². The van der Waals surface area contributed by atoms with Crippen molar-refractivity contribution >= 4 is 6.79 Å². The molecule has 0 aromatic heterocycles. The summed E-state index contributed by atoms with van der Waals surface area (Å²) >= 11 is 0. The summed E-state index contributed by atoms with van der Waals surface area (Å²) < 4.78 is 0. The van der Waals surface area contributed by atoms with E-state index in [9.17, 15) is 0 Å². The first-order valence-electron chi connectivity index (χ1n) is 23.3. The van der Waals surface area contributed by atoms with Crippen molar-refractivity contribution in [3.05, 3.63) is 0 Å². The molecule has 0 aromatic rings. The van der Waals surface area contributed by atoms with Crippen molar-refractivity contribution in [3.63, 3.8) is 0 Å². The second kappa shape index (κ2) is 22.5. The van der Waals surface area contributed by atoms with Crippen LogP contribution in [0.3, 0.4) is 0 Å². The first kappa shape index (κ1) is 46.6. The van der Waals surface area contributed by atoms with Gasteiger partial charge in [-0.05, 0) is 145 Å². The highest BCUT2D eigenvalue weighted by Gasteiger charge is 2.41. The number of hydrogen-bond donors (Lipinski definition) is 2. The van der Waals surface area contributed by atoms with Crippen LogP contribution in [0.2, 0.25) is 0 Å². The predicted octanol–water partition coefficient (Wildman–Crippen LogP) is 1.90. The molecular weight excluding hydrogens is 729 g/mol. The Morgan fingerprint density at radius 3 is 0.603 bits per heavy atom. The van der Waals surface area contributed by atoms with Crippen molar-refractivity contribution in [1.82, 2.24) is 58.8 Å². The number of carbonyl (C=O) groups excluding carboxylic acids is 1. The Kier molecular flexibility index (Phi) is 18.0. The van der Waals surface area contributed by atoms with Crippen LogP contribution in [-0.4, -0.2) is 236 Å². The Morgan fingerprint density at radius 2 is 0.431 bits per heavy atom. The highest BCUT2D eigenvalue weighted by molar-refractivity contribution is 5.11. The van der Waals surface area contributed by atoms with Crippen LogP contribution in [0.15, 0.2) is 0 Å². The second-order valence-electron chi connectivity index (χ2n) is 20.4. The van der Waals surface area contributed by atoms with Crippen molar-refractivity contribution in [2.75, 3.05) is 122 Å². The summed E-state index contributed by atoms with van der Waals surface area (Å²) in [6, 6.07) is 5.32. The molecule has 0 atom stereocenters. The third-order valence-corrected chi connectivity index (χ3v) is 15.0. The molecule has 0 spiro atoms. The fourth-order valence-electron chi connectivity index (χ4n) is 12.2. The summed E-state index contributed by atoms with van der Waals surface area (Å²) in [5, 5.41) is 0. The van der Waals surface area contributed by atoms with Crippen LogP contribution in [0.5, 0.6) is 0 Å². The standard InChI is InChI=1S/C36H72N12.C6H14N2.CH2O/c1-37-19-38(2)23-43(22-37)31-7-13-34(14-8-31)46-28-47(35-15-9-32(10-16-35)44-24-39(3)20-40(4)25-44)30-48(29-46)36-17-11-33(12-18-36)45-26-41(5)21-42(6)27-45;7-5-1-2-6(8)4-3-5;1-2/h31-36H,7-30H2,1-6H3;5-6H,1-4,7-8H2;1H2. The SMILES string of the molecule is C=O.CN1CN(C)CN(C2CCC(N3CN(C4CCC(N5CN(C)CN(C)C5)CC4)CN(C4CCC(N5CN(C)CN(C)C5)CC4)C3)CC2)C1.NC1CCC(N)CC1. The topological polar surface area (TPSA) is 108 Å². The zero-order valence-electron chi connectivity index (χ0n) is 38.1. The Balaban J connectivity index is 0.000000502. The quantitative estimate of drug-likeness (QED) is 0.408. The lowest BCUT2D eigenvalue weighted by Crippen LogP contribution is -2.64. The van der Waals surface area contributed by atoms with Crippen LogP contribution in [0, 0.1) is 0 Å². The van der Waals surface area contributed by atoms with E-state index in [-0.39, 0.29) is 0 Å². The van der Waals surface area contributed by atoms with Gasteiger partial charge in [0, 0.05) is 48.3 Å². The minimum absolute atomic E-state index is 0.440. The maximum absolute atomic E-state index is 8.00. The van der Waals surface area contributed by atoms with E-state index < -0.39 is 0 Å². The molecule has 336 valence electrons. The Labute approximate surface area is 354 Å². The molecule has 4 heterocycles. The van der Waals surface area contributed by atoms with Crippen molar-refractivity contribution in [3.8, 4) is 0 Å². The van der Waals surface area contributed by atoms with Crippen LogP contribution in [0.4, 0.5) is 0 Å². The van der Waals surface area contributed by atoms with Crippen molar-refractivity contribution in [1.29, 1.82) is 0 Å². The minimum Gasteiger partial charge on any atom is -0.328 e. The molecule has 0 aromatic carbocycles. The Hall–Kier alpha value is -0.890. The smallest absolute Gasteiger partial charge is 0.106 e. The third-order valence-electron chi connectivity index (χ3n) is 15.0. The molecule has 0 bridgehead atoms. The molecular formula is C43H88N14O. The summed E-state index contributed by atoms with van der Waals surface area (Å²) in [6.07, 6.45) is 20.8. The predicted molar refractivity (Wildman–Crippen MR) is 236 cm³/mol. The molecule has 15 nitrogen and oxygen atoms in total. The van der Waals surface area contributed by atoms with Gasteiger partial charge in [-0.3, -0.25) is 58.8 Å². The van der Waals surface area contributed by atoms with Crippen LogP contribution in [0.25, 0.3) is 0 Å². The fraction of sp³-hybridized carbons (Fsp3) is 0.977. The van der Waals surface area contributed by atoms with Crippen molar-refractivity contribution < 1.29 is 4.79 Å². The molecule has 4 aliphatic heterocycles. The molecule has 8 aliphatic rings. The number of carbonyl (C=O) groups is 1. The molecule has 4 saturated carbocycles. The lowest BCUT2D eigenvalue weighted by molar-refractivity contribution is -0.113. The van der Waals surface area contributed by atoms with Gasteiger partial charge in [-0.1, -0.05) is 0 Å². The number of rotatable bonds is 6. The van der Waals surface area contributed by atoms with E-state index in [2.05, 4.69) is 101 Å². The summed E-state index contributed by atoms with van der Waals surface area (Å²) in [4.78, 5) is 40.0. The van der Waals surface area contributed by atoms with Gasteiger partial charge in [0.2, 0.25) is 0 Å². The summed E-state index contributed by atoms with van der Waals surface area (Å²) in [7, 11) is 13.7. The van der Waals surface area contributed by atoms with Gasteiger partial charge in [-0.25, -0.2) is 0 Å². The average molecular weight is 817 g/mol. The van der Waals surface area contributed by atoms with Gasteiger partial charge < -0.3 is 16.3 Å². The molecule has 0 radical (unpaired) electrons. The lowest BCUT2D eigenvalue weighted by atomic mass is 9.87. The first-order valence-corrected chi connectivity index (χ1v) is 23.3. The molecule has 0 unspecified atom stereocenters. The molecule has 4 aliphatic carbocycles. The monoisotopic (exact) mass is 817 g/mol. The van der Waals surface area contributed by atoms with Gasteiger partial charge in [-0.15, -0.1) is 0 Å². The zero-order valence-corrected chi connectivity index (χ0v) is 38.1. The van der Waals surface area contributed by atoms with Crippen LogP contribution in [0.1, 0.15) is 103 Å². The molecule has 4 N–H and O–H groups in total. The summed E-state index contributed by atoms with van der Waals surface area (Å²) in [5.74, 6) is 0. The van der Waals surface area contributed by atoms with Gasteiger partial charge in [0.25, 0.3) is 0 Å². The van der Waals surface area contributed by atoms with Gasteiger partial charge in [0.15, 0.2) is 0 Å². The lowest BCUT2D eigenvalue weighted by Gasteiger charge is -2.54. The maximum Gasteiger partial charge on any atom is 0.106 e. The Morgan fingerprint density at radius 1 is 0.276 bits per heavy atom. The number of nitrogens with zero attached hydrogens (tertiary/aromatic N) is 12.